The molecule has 154 valence electrons. The maximum atomic E-state index is 12.0. The van der Waals surface area contributed by atoms with Crippen molar-refractivity contribution in [2.45, 2.75) is 10.8 Å². The summed E-state index contributed by atoms with van der Waals surface area (Å²) in [6.07, 6.45) is 5.29. The van der Waals surface area contributed by atoms with Gasteiger partial charge in [0, 0.05) is 0 Å². The van der Waals surface area contributed by atoms with Crippen molar-refractivity contribution in [1.29, 1.82) is 0 Å². The monoisotopic (exact) mass is 442 g/mol. The van der Waals surface area contributed by atoms with Crippen molar-refractivity contribution in [3.8, 4) is 17.4 Å². The van der Waals surface area contributed by atoms with Gasteiger partial charge in [0.2, 0.25) is 12.7 Å². The Morgan fingerprint density at radius 2 is 1.90 bits per heavy atom. The highest BCUT2D eigenvalue weighted by Gasteiger charge is 2.37. The Kier molecular flexibility index (Phi) is 5.85. The molecule has 0 spiro atoms. The number of aromatic nitrogens is 2. The van der Waals surface area contributed by atoms with Gasteiger partial charge in [0.1, 0.15) is 10.8 Å². The van der Waals surface area contributed by atoms with Crippen molar-refractivity contribution in [2.75, 3.05) is 20.2 Å². The van der Waals surface area contributed by atoms with Crippen LogP contribution in [0.4, 0.5) is 0 Å². The molecule has 1 aliphatic heterocycles. The first kappa shape index (κ1) is 20.5. The van der Waals surface area contributed by atoms with Crippen LogP contribution in [-0.4, -0.2) is 35.2 Å². The van der Waals surface area contributed by atoms with Gasteiger partial charge in [0.05, 0.1) is 12.7 Å². The molecule has 0 saturated carbocycles. The first-order chi connectivity index (χ1) is 14.5. The number of rotatable bonds is 6. The maximum Gasteiger partial charge on any atom is 0.231 e. The van der Waals surface area contributed by atoms with E-state index in [-0.39, 0.29) is 23.4 Å². The average Bonchev–Trinajstić information content (AvgIpc) is 3.25. The predicted molar refractivity (Wildman–Crippen MR) is 116 cm³/mol. The summed E-state index contributed by atoms with van der Waals surface area (Å²) < 4.78 is 16.4. The third-order valence-electron chi connectivity index (χ3n) is 4.70. The maximum absolute atomic E-state index is 12.0. The zero-order valence-corrected chi connectivity index (χ0v) is 17.9. The Bertz CT molecular complexity index is 1090. The minimum Gasteiger partial charge on any atom is -0.481 e. The number of methoxy groups -OCH3 is 1. The van der Waals surface area contributed by atoms with E-state index in [1.807, 2.05) is 42.7 Å². The second-order valence-corrected chi connectivity index (χ2v) is 7.60. The molecule has 1 unspecified atom stereocenters. The molecule has 4 rings (SSSR count). The summed E-state index contributed by atoms with van der Waals surface area (Å²) in [7, 11) is 1.48. The predicted octanol–water partition coefficient (Wildman–Crippen LogP) is 4.54. The fraction of sp³-hybridized carbons (Fsp3) is 0.182. The van der Waals surface area contributed by atoms with Crippen LogP contribution in [0.5, 0.6) is 17.4 Å². The van der Waals surface area contributed by atoms with Crippen LogP contribution in [0.3, 0.4) is 0 Å². The largest absolute Gasteiger partial charge is 0.481 e. The molecule has 1 aliphatic rings. The smallest absolute Gasteiger partial charge is 0.231 e. The Balaban J connectivity index is 1.91. The molecule has 1 aromatic heterocycles. The molecule has 0 aliphatic carbocycles. The van der Waals surface area contributed by atoms with Gasteiger partial charge in [-0.1, -0.05) is 65.8 Å². The zero-order chi connectivity index (χ0) is 21.1. The second-order valence-electron chi connectivity index (χ2n) is 6.46. The van der Waals surface area contributed by atoms with Gasteiger partial charge in [0.25, 0.3) is 0 Å². The van der Waals surface area contributed by atoms with Gasteiger partial charge in [-0.2, -0.15) is 4.98 Å². The van der Waals surface area contributed by atoms with Gasteiger partial charge in [-0.25, -0.2) is 4.98 Å². The molecule has 30 heavy (non-hydrogen) atoms. The second kappa shape index (κ2) is 8.55. The van der Waals surface area contributed by atoms with Gasteiger partial charge in [-0.15, -0.1) is 0 Å². The number of hydrogen-bond donors (Lipinski definition) is 1. The standard InChI is InChI=1S/C22H19ClN2O4S/c1-27-20-18(19(23)24-21(25-20)30-2)22(26,11-10-14-6-4-3-5-7-14)15-8-9-16-17(12-15)29-13-28-16/h3-12,26H,13H2,1-2H3/b11-10+. The number of benzene rings is 2. The lowest BCUT2D eigenvalue weighted by Gasteiger charge is -2.28. The fourth-order valence-electron chi connectivity index (χ4n) is 3.19. The molecule has 1 atom stereocenters. The summed E-state index contributed by atoms with van der Waals surface area (Å²) in [6, 6.07) is 14.8. The van der Waals surface area contributed by atoms with Crippen molar-refractivity contribution in [1.82, 2.24) is 9.97 Å². The van der Waals surface area contributed by atoms with Crippen LogP contribution >= 0.6 is 23.4 Å². The molecule has 1 N–H and O–H groups in total. The van der Waals surface area contributed by atoms with E-state index in [4.69, 9.17) is 25.8 Å². The topological polar surface area (TPSA) is 73.7 Å². The first-order valence-corrected chi connectivity index (χ1v) is 10.7. The summed E-state index contributed by atoms with van der Waals surface area (Å²) in [4.78, 5) is 8.69. The van der Waals surface area contributed by atoms with Gasteiger partial charge in [0.15, 0.2) is 16.7 Å². The minimum atomic E-state index is -1.68. The molecule has 0 radical (unpaired) electrons. The number of halogens is 1. The van der Waals surface area contributed by atoms with Crippen molar-refractivity contribution < 1.29 is 19.3 Å². The van der Waals surface area contributed by atoms with Gasteiger partial charge in [-0.05, 0) is 35.6 Å². The van der Waals surface area contributed by atoms with Crippen LogP contribution in [0.25, 0.3) is 6.08 Å². The summed E-state index contributed by atoms with van der Waals surface area (Å²) >= 11 is 7.86. The number of nitrogens with zero attached hydrogens (tertiary/aromatic N) is 2. The van der Waals surface area contributed by atoms with E-state index in [1.165, 1.54) is 18.9 Å². The Labute approximate surface area is 183 Å². The molecule has 0 amide bonds. The summed E-state index contributed by atoms with van der Waals surface area (Å²) in [5.74, 6) is 1.34. The van der Waals surface area contributed by atoms with Crippen LogP contribution in [0.1, 0.15) is 16.7 Å². The van der Waals surface area contributed by atoms with E-state index < -0.39 is 5.60 Å². The molecule has 8 heteroatoms. The highest BCUT2D eigenvalue weighted by molar-refractivity contribution is 7.98. The fourth-order valence-corrected chi connectivity index (χ4v) is 3.91. The Hall–Kier alpha value is -2.74. The Morgan fingerprint density at radius 3 is 2.63 bits per heavy atom. The van der Waals surface area contributed by atoms with Crippen molar-refractivity contribution in [2.24, 2.45) is 0 Å². The van der Waals surface area contributed by atoms with Crippen molar-refractivity contribution in [3.05, 3.63) is 76.5 Å². The lowest BCUT2D eigenvalue weighted by Crippen LogP contribution is -2.27. The molecular formula is C22H19ClN2O4S. The number of hydrogen-bond acceptors (Lipinski definition) is 7. The van der Waals surface area contributed by atoms with E-state index in [9.17, 15) is 5.11 Å². The summed E-state index contributed by atoms with van der Waals surface area (Å²) in [6.45, 7) is 0.132. The van der Waals surface area contributed by atoms with E-state index in [0.717, 1.165) is 5.56 Å². The third-order valence-corrected chi connectivity index (χ3v) is 5.52. The highest BCUT2D eigenvalue weighted by atomic mass is 35.5. The lowest BCUT2D eigenvalue weighted by atomic mass is 9.86. The quantitative estimate of drug-likeness (QED) is 0.341. The highest BCUT2D eigenvalue weighted by Crippen LogP contribution is 2.44. The van der Waals surface area contributed by atoms with Crippen LogP contribution in [0.15, 0.2) is 59.8 Å². The van der Waals surface area contributed by atoms with Crippen LogP contribution in [0, 0.1) is 0 Å². The lowest BCUT2D eigenvalue weighted by molar-refractivity contribution is 0.129. The number of fused-ring (bicyclic) bond motifs is 1. The molecular weight excluding hydrogens is 424 g/mol. The van der Waals surface area contributed by atoms with Gasteiger partial charge >= 0.3 is 0 Å². The molecule has 0 bridgehead atoms. The summed E-state index contributed by atoms with van der Waals surface area (Å²) in [5.41, 5.74) is -0.0144. The summed E-state index contributed by atoms with van der Waals surface area (Å²) in [5, 5.41) is 12.5. The first-order valence-electron chi connectivity index (χ1n) is 9.08. The zero-order valence-electron chi connectivity index (χ0n) is 16.3. The molecule has 2 heterocycles. The number of thioether (sulfide) groups is 1. The van der Waals surface area contributed by atoms with Crippen LogP contribution in [-0.2, 0) is 5.60 Å². The SMILES string of the molecule is COc1nc(SC)nc(Cl)c1C(O)(/C=C/c1ccccc1)c1ccc2c(c1)OCO2. The van der Waals surface area contributed by atoms with E-state index in [2.05, 4.69) is 9.97 Å². The number of aliphatic hydroxyl groups is 1. The van der Waals surface area contributed by atoms with Gasteiger partial charge in [-0.3, -0.25) is 0 Å². The van der Waals surface area contributed by atoms with Crippen LogP contribution in [0.2, 0.25) is 5.15 Å². The number of ether oxygens (including phenoxy) is 3. The molecule has 6 nitrogen and oxygen atoms in total. The van der Waals surface area contributed by atoms with Crippen LogP contribution < -0.4 is 14.2 Å². The third kappa shape index (κ3) is 3.84. The average molecular weight is 443 g/mol. The molecule has 0 fully saturated rings. The molecule has 2 aromatic carbocycles. The van der Waals surface area contributed by atoms with E-state index in [1.54, 1.807) is 24.3 Å². The van der Waals surface area contributed by atoms with Crippen molar-refractivity contribution >= 4 is 29.4 Å². The van der Waals surface area contributed by atoms with E-state index >= 15 is 0 Å². The molecule has 3 aromatic rings. The van der Waals surface area contributed by atoms with Gasteiger partial charge < -0.3 is 19.3 Å². The van der Waals surface area contributed by atoms with Crippen molar-refractivity contribution in [3.63, 3.8) is 0 Å². The Morgan fingerprint density at radius 1 is 1.13 bits per heavy atom. The minimum absolute atomic E-state index is 0.101. The molecule has 0 saturated heterocycles. The van der Waals surface area contributed by atoms with E-state index in [0.29, 0.717) is 22.2 Å². The normalized spacial score (nSPS) is 14.7.